The monoisotopic (exact) mass is 302 g/mol. The number of hydrogen-bond acceptors (Lipinski definition) is 2. The molecule has 1 atom stereocenters. The van der Waals surface area contributed by atoms with E-state index in [0.29, 0.717) is 18.3 Å². The van der Waals surface area contributed by atoms with E-state index in [1.54, 1.807) is 24.0 Å². The van der Waals surface area contributed by atoms with Crippen molar-refractivity contribution >= 4 is 0 Å². The zero-order valence-electron chi connectivity index (χ0n) is 11.2. The molecule has 1 unspecified atom stereocenters. The molecule has 2 aromatic rings. The number of hydrogen-bond donors (Lipinski definition) is 1. The molecule has 114 valence electrons. The van der Waals surface area contributed by atoms with Gasteiger partial charge in [-0.1, -0.05) is 6.07 Å². The van der Waals surface area contributed by atoms with Crippen LogP contribution in [-0.4, -0.2) is 14.7 Å². The van der Waals surface area contributed by atoms with Gasteiger partial charge < -0.3 is 9.67 Å². The average Bonchev–Trinajstić information content (AvgIpc) is 2.80. The van der Waals surface area contributed by atoms with Crippen molar-refractivity contribution in [3.8, 4) is 0 Å². The molecule has 1 N–H and O–H groups in total. The number of aliphatic hydroxyl groups is 1. The number of nitrogens with zero attached hydrogens (tertiary/aromatic N) is 2. The lowest BCUT2D eigenvalue weighted by Crippen LogP contribution is -2.13. The number of aliphatic hydroxyl groups excluding tert-OH is 1. The minimum Gasteiger partial charge on any atom is -0.388 e. The van der Waals surface area contributed by atoms with Crippen LogP contribution in [0.15, 0.2) is 30.6 Å². The number of alkyl halides is 3. The lowest BCUT2D eigenvalue weighted by Gasteiger charge is -2.17. The van der Waals surface area contributed by atoms with E-state index in [1.165, 1.54) is 0 Å². The van der Waals surface area contributed by atoms with Crippen molar-refractivity contribution in [3.05, 3.63) is 53.4 Å². The Balaban J connectivity index is 2.19. The van der Waals surface area contributed by atoms with Gasteiger partial charge in [-0.3, -0.25) is 0 Å². The predicted molar refractivity (Wildman–Crippen MR) is 67.9 cm³/mol. The Kier molecular flexibility index (Phi) is 4.32. The number of imidazole rings is 1. The SMILES string of the molecule is Cn1ccnc1CCC(O)c1ccc(F)cc1C(F)(F)F. The number of benzene rings is 1. The second-order valence-electron chi connectivity index (χ2n) is 4.74. The summed E-state index contributed by atoms with van der Waals surface area (Å²) < 4.78 is 53.3. The predicted octanol–water partition coefficient (Wildman–Crippen LogP) is 3.24. The van der Waals surface area contributed by atoms with Gasteiger partial charge in [-0.15, -0.1) is 0 Å². The summed E-state index contributed by atoms with van der Waals surface area (Å²) in [6, 6.07) is 2.29. The highest BCUT2D eigenvalue weighted by Crippen LogP contribution is 2.36. The standard InChI is InChI=1S/C14H14F4N2O/c1-20-7-6-19-13(20)5-4-12(21)10-3-2-9(15)8-11(10)14(16,17)18/h2-3,6-8,12,21H,4-5H2,1H3. The summed E-state index contributed by atoms with van der Waals surface area (Å²) in [6.07, 6.45) is -2.37. The van der Waals surface area contributed by atoms with Crippen molar-refractivity contribution in [1.82, 2.24) is 9.55 Å². The van der Waals surface area contributed by atoms with Crippen LogP contribution < -0.4 is 0 Å². The van der Waals surface area contributed by atoms with Crippen molar-refractivity contribution in [2.75, 3.05) is 0 Å². The molecule has 7 heteroatoms. The molecule has 0 spiro atoms. The first-order valence-corrected chi connectivity index (χ1v) is 6.30. The summed E-state index contributed by atoms with van der Waals surface area (Å²) in [6.45, 7) is 0. The Morgan fingerprint density at radius 2 is 2.05 bits per heavy atom. The highest BCUT2D eigenvalue weighted by Gasteiger charge is 2.35. The van der Waals surface area contributed by atoms with E-state index < -0.39 is 23.7 Å². The zero-order valence-corrected chi connectivity index (χ0v) is 11.2. The maximum absolute atomic E-state index is 13.0. The van der Waals surface area contributed by atoms with Gasteiger partial charge in [0.15, 0.2) is 0 Å². The number of halogens is 4. The first-order chi connectivity index (χ1) is 9.79. The maximum atomic E-state index is 13.0. The summed E-state index contributed by atoms with van der Waals surface area (Å²) in [4.78, 5) is 4.04. The molecule has 0 amide bonds. The Morgan fingerprint density at radius 1 is 1.33 bits per heavy atom. The van der Waals surface area contributed by atoms with E-state index in [1.807, 2.05) is 0 Å². The van der Waals surface area contributed by atoms with E-state index in [0.717, 1.165) is 12.1 Å². The third kappa shape index (κ3) is 3.60. The Bertz CT molecular complexity index is 622. The highest BCUT2D eigenvalue weighted by atomic mass is 19.4. The molecule has 0 bridgehead atoms. The lowest BCUT2D eigenvalue weighted by atomic mass is 9.98. The van der Waals surface area contributed by atoms with Gasteiger partial charge in [-0.05, 0) is 24.1 Å². The van der Waals surface area contributed by atoms with Gasteiger partial charge in [-0.2, -0.15) is 13.2 Å². The van der Waals surface area contributed by atoms with Crippen molar-refractivity contribution in [2.24, 2.45) is 7.05 Å². The molecule has 0 aliphatic heterocycles. The number of aromatic nitrogens is 2. The summed E-state index contributed by atoms with van der Waals surface area (Å²) in [5, 5.41) is 9.99. The van der Waals surface area contributed by atoms with Crippen LogP contribution in [0.5, 0.6) is 0 Å². The van der Waals surface area contributed by atoms with E-state index in [-0.39, 0.29) is 12.0 Å². The van der Waals surface area contributed by atoms with Gasteiger partial charge in [0.25, 0.3) is 0 Å². The summed E-state index contributed by atoms with van der Waals surface area (Å²) >= 11 is 0. The molecule has 1 aromatic carbocycles. The zero-order chi connectivity index (χ0) is 15.6. The molecule has 0 saturated heterocycles. The highest BCUT2D eigenvalue weighted by molar-refractivity contribution is 5.32. The second kappa shape index (κ2) is 5.85. The van der Waals surface area contributed by atoms with Gasteiger partial charge in [0, 0.05) is 25.9 Å². The maximum Gasteiger partial charge on any atom is 0.416 e. The Hall–Kier alpha value is -1.89. The Morgan fingerprint density at radius 3 is 2.62 bits per heavy atom. The molecule has 0 radical (unpaired) electrons. The summed E-state index contributed by atoms with van der Waals surface area (Å²) in [5.41, 5.74) is -1.46. The molecule has 0 aliphatic carbocycles. The van der Waals surface area contributed by atoms with Crippen LogP contribution in [0.3, 0.4) is 0 Å². The van der Waals surface area contributed by atoms with E-state index in [2.05, 4.69) is 4.98 Å². The van der Waals surface area contributed by atoms with Crippen LogP contribution in [0.25, 0.3) is 0 Å². The third-order valence-electron chi connectivity index (χ3n) is 3.24. The number of aryl methyl sites for hydroxylation is 2. The molecule has 1 aromatic heterocycles. The van der Waals surface area contributed by atoms with Crippen molar-refractivity contribution in [3.63, 3.8) is 0 Å². The van der Waals surface area contributed by atoms with E-state index in [4.69, 9.17) is 0 Å². The lowest BCUT2D eigenvalue weighted by molar-refractivity contribution is -0.139. The molecule has 1 heterocycles. The van der Waals surface area contributed by atoms with Crippen molar-refractivity contribution < 1.29 is 22.7 Å². The Labute approximate surface area is 118 Å². The fourth-order valence-electron chi connectivity index (χ4n) is 2.12. The molecular weight excluding hydrogens is 288 g/mol. The topological polar surface area (TPSA) is 38.0 Å². The normalized spacial score (nSPS) is 13.4. The average molecular weight is 302 g/mol. The largest absolute Gasteiger partial charge is 0.416 e. The third-order valence-corrected chi connectivity index (χ3v) is 3.24. The summed E-state index contributed by atoms with van der Waals surface area (Å²) in [7, 11) is 1.76. The van der Waals surface area contributed by atoms with Gasteiger partial charge in [0.1, 0.15) is 11.6 Å². The molecule has 3 nitrogen and oxygen atoms in total. The quantitative estimate of drug-likeness (QED) is 0.881. The van der Waals surface area contributed by atoms with Crippen LogP contribution in [0.2, 0.25) is 0 Å². The van der Waals surface area contributed by atoms with Crippen LogP contribution in [0, 0.1) is 5.82 Å². The van der Waals surface area contributed by atoms with Gasteiger partial charge >= 0.3 is 6.18 Å². The van der Waals surface area contributed by atoms with Crippen molar-refractivity contribution in [2.45, 2.75) is 25.1 Å². The second-order valence-corrected chi connectivity index (χ2v) is 4.74. The van der Waals surface area contributed by atoms with E-state index >= 15 is 0 Å². The van der Waals surface area contributed by atoms with Crippen LogP contribution in [-0.2, 0) is 19.6 Å². The van der Waals surface area contributed by atoms with E-state index in [9.17, 15) is 22.7 Å². The fourth-order valence-corrected chi connectivity index (χ4v) is 2.12. The summed E-state index contributed by atoms with van der Waals surface area (Å²) in [5.74, 6) is -0.327. The van der Waals surface area contributed by atoms with Crippen molar-refractivity contribution in [1.29, 1.82) is 0 Å². The minimum atomic E-state index is -4.71. The minimum absolute atomic E-state index is 0.0690. The van der Waals surface area contributed by atoms with Crippen LogP contribution in [0.1, 0.15) is 29.5 Å². The van der Waals surface area contributed by atoms with Crippen LogP contribution in [0.4, 0.5) is 17.6 Å². The first-order valence-electron chi connectivity index (χ1n) is 6.30. The van der Waals surface area contributed by atoms with Gasteiger partial charge in [-0.25, -0.2) is 9.37 Å². The van der Waals surface area contributed by atoms with Gasteiger partial charge in [0.2, 0.25) is 0 Å². The molecule has 2 rings (SSSR count). The number of rotatable bonds is 4. The molecular formula is C14H14F4N2O. The smallest absolute Gasteiger partial charge is 0.388 e. The first kappa shape index (κ1) is 15.5. The molecule has 0 fully saturated rings. The molecule has 0 aliphatic rings. The fraction of sp³-hybridized carbons (Fsp3) is 0.357. The molecule has 21 heavy (non-hydrogen) atoms. The van der Waals surface area contributed by atoms with Gasteiger partial charge in [0.05, 0.1) is 11.7 Å². The van der Waals surface area contributed by atoms with Crippen LogP contribution >= 0.6 is 0 Å². The molecule has 0 saturated carbocycles.